The van der Waals surface area contributed by atoms with Gasteiger partial charge in [-0.1, -0.05) is 18.2 Å². The summed E-state index contributed by atoms with van der Waals surface area (Å²) in [5.41, 5.74) is -0.00329. The van der Waals surface area contributed by atoms with Crippen LogP contribution in [0.25, 0.3) is 11.3 Å². The summed E-state index contributed by atoms with van der Waals surface area (Å²) in [7, 11) is -3.89. The van der Waals surface area contributed by atoms with Crippen LogP contribution >= 0.6 is 0 Å². The second-order valence-electron chi connectivity index (χ2n) is 7.73. The third-order valence-corrected chi connectivity index (χ3v) is 7.83. The quantitative estimate of drug-likeness (QED) is 0.597. The summed E-state index contributed by atoms with van der Waals surface area (Å²) in [6.45, 7) is 0.555. The minimum absolute atomic E-state index is 0.0721. The zero-order chi connectivity index (χ0) is 22.2. The second-order valence-corrected chi connectivity index (χ2v) is 9.59. The summed E-state index contributed by atoms with van der Waals surface area (Å²) in [6, 6.07) is 13.6. The second kappa shape index (κ2) is 8.19. The van der Waals surface area contributed by atoms with E-state index >= 15 is 4.39 Å². The maximum absolute atomic E-state index is 15.7. The maximum Gasteiger partial charge on any atom is 0.245 e. The van der Waals surface area contributed by atoms with Crippen molar-refractivity contribution in [2.45, 2.75) is 23.2 Å². The minimum Gasteiger partial charge on any atom is -0.355 e. The maximum atomic E-state index is 15.7. The highest BCUT2D eigenvalue weighted by Gasteiger charge is 2.57. The molecule has 0 saturated carbocycles. The fourth-order valence-corrected chi connectivity index (χ4v) is 6.03. The largest absolute Gasteiger partial charge is 0.355 e. The first-order valence-electron chi connectivity index (χ1n) is 10.3. The summed E-state index contributed by atoms with van der Waals surface area (Å²) < 4.78 is 49.1. The van der Waals surface area contributed by atoms with Crippen molar-refractivity contribution in [1.29, 1.82) is 0 Å². The highest BCUT2D eigenvalue weighted by atomic mass is 32.2. The fraction of sp³-hybridized carbons (Fsp3) is 0.318. The van der Waals surface area contributed by atoms with Crippen molar-refractivity contribution >= 4 is 16.0 Å². The van der Waals surface area contributed by atoms with Crippen molar-refractivity contribution in [2.24, 2.45) is 0 Å². The molecule has 2 unspecified atom stereocenters. The molecule has 8 nitrogen and oxygen atoms in total. The molecule has 32 heavy (non-hydrogen) atoms. The number of halogens is 1. The molecule has 166 valence electrons. The Morgan fingerprint density at radius 2 is 1.91 bits per heavy atom. The average molecular weight is 456 g/mol. The van der Waals surface area contributed by atoms with Crippen molar-refractivity contribution in [2.75, 3.05) is 31.1 Å². The summed E-state index contributed by atoms with van der Waals surface area (Å²) >= 11 is 0. The highest BCUT2D eigenvalue weighted by molar-refractivity contribution is 7.89. The number of nitrogens with zero attached hydrogens (tertiary/aromatic N) is 5. The van der Waals surface area contributed by atoms with E-state index in [0.717, 1.165) is 5.56 Å². The van der Waals surface area contributed by atoms with E-state index in [1.54, 1.807) is 47.8 Å². The molecular formula is C22H22FN5O3S. The molecule has 2 aliphatic heterocycles. The number of rotatable bonds is 4. The van der Waals surface area contributed by atoms with Crippen molar-refractivity contribution in [3.05, 3.63) is 67.1 Å². The van der Waals surface area contributed by atoms with E-state index in [1.165, 1.54) is 16.4 Å². The Morgan fingerprint density at radius 3 is 2.66 bits per heavy atom. The van der Waals surface area contributed by atoms with Gasteiger partial charge in [-0.25, -0.2) is 22.8 Å². The summed E-state index contributed by atoms with van der Waals surface area (Å²) in [5, 5.41) is 0. The van der Waals surface area contributed by atoms with Gasteiger partial charge in [-0.2, -0.15) is 4.31 Å². The van der Waals surface area contributed by atoms with Gasteiger partial charge in [0.05, 0.1) is 23.7 Å². The molecule has 5 rings (SSSR count). The predicted molar refractivity (Wildman–Crippen MR) is 116 cm³/mol. The lowest BCUT2D eigenvalue weighted by Gasteiger charge is -2.44. The number of hydrogen-bond acceptors (Lipinski definition) is 7. The zero-order valence-electron chi connectivity index (χ0n) is 17.2. The molecular weight excluding hydrogens is 433 g/mol. The summed E-state index contributed by atoms with van der Waals surface area (Å²) in [6.07, 6.45) is 3.61. The number of alkyl halides is 1. The number of sulfonamides is 1. The van der Waals surface area contributed by atoms with Gasteiger partial charge in [-0.15, -0.1) is 0 Å². The standard InChI is InChI=1S/C22H22FN5O3S/c23-20-16-27(21-25-11-8-19(26-21)17-5-4-10-24-15-17)12-9-22(20)28(13-14-31-22)32(29,30)18-6-2-1-3-7-18/h1-8,10-11,15,20H,9,12-14,16H2. The van der Waals surface area contributed by atoms with Crippen LogP contribution in [-0.4, -0.2) is 65.8 Å². The number of hydrogen-bond donors (Lipinski definition) is 0. The van der Waals surface area contributed by atoms with Crippen LogP contribution in [0.2, 0.25) is 0 Å². The molecule has 0 amide bonds. The van der Waals surface area contributed by atoms with Crippen LogP contribution in [0.1, 0.15) is 6.42 Å². The molecule has 2 atom stereocenters. The lowest BCUT2D eigenvalue weighted by Crippen LogP contribution is -2.62. The molecule has 0 bridgehead atoms. The molecule has 2 aliphatic rings. The van der Waals surface area contributed by atoms with E-state index in [4.69, 9.17) is 4.74 Å². The van der Waals surface area contributed by atoms with E-state index in [0.29, 0.717) is 18.2 Å². The van der Waals surface area contributed by atoms with Crippen LogP contribution < -0.4 is 4.90 Å². The number of pyridine rings is 1. The van der Waals surface area contributed by atoms with Crippen molar-refractivity contribution in [1.82, 2.24) is 19.3 Å². The zero-order valence-corrected chi connectivity index (χ0v) is 18.0. The molecule has 2 saturated heterocycles. The molecule has 0 radical (unpaired) electrons. The Bertz CT molecular complexity index is 1200. The highest BCUT2D eigenvalue weighted by Crippen LogP contribution is 2.40. The van der Waals surface area contributed by atoms with Crippen LogP contribution in [0.4, 0.5) is 10.3 Å². The molecule has 10 heteroatoms. The van der Waals surface area contributed by atoms with Gasteiger partial charge in [-0.05, 0) is 30.3 Å². The topological polar surface area (TPSA) is 88.5 Å². The van der Waals surface area contributed by atoms with Gasteiger partial charge in [-0.3, -0.25) is 4.98 Å². The Kier molecular flexibility index (Phi) is 5.36. The van der Waals surface area contributed by atoms with Gasteiger partial charge >= 0.3 is 0 Å². The van der Waals surface area contributed by atoms with Crippen molar-refractivity contribution < 1.29 is 17.5 Å². The third kappa shape index (κ3) is 3.54. The van der Waals surface area contributed by atoms with Gasteiger partial charge in [0.2, 0.25) is 16.0 Å². The first-order valence-corrected chi connectivity index (χ1v) is 11.8. The van der Waals surface area contributed by atoms with Crippen LogP contribution in [0, 0.1) is 0 Å². The van der Waals surface area contributed by atoms with E-state index in [2.05, 4.69) is 15.0 Å². The SMILES string of the molecule is O=S(=O)(c1ccccc1)N1CCOC12CCN(c1nccc(-c3cccnc3)n1)CC2F. The lowest BCUT2D eigenvalue weighted by molar-refractivity contribution is -0.116. The van der Waals surface area contributed by atoms with E-state index < -0.39 is 21.9 Å². The Morgan fingerprint density at radius 1 is 1.06 bits per heavy atom. The van der Waals surface area contributed by atoms with Gasteiger partial charge in [0.15, 0.2) is 11.9 Å². The van der Waals surface area contributed by atoms with Crippen LogP contribution in [0.5, 0.6) is 0 Å². The molecule has 4 heterocycles. The van der Waals surface area contributed by atoms with Gasteiger partial charge < -0.3 is 9.64 Å². The minimum atomic E-state index is -3.89. The fourth-order valence-electron chi connectivity index (χ4n) is 4.29. The van der Waals surface area contributed by atoms with Crippen molar-refractivity contribution in [3.8, 4) is 11.3 Å². The van der Waals surface area contributed by atoms with Gasteiger partial charge in [0.1, 0.15) is 0 Å². The third-order valence-electron chi connectivity index (χ3n) is 5.89. The van der Waals surface area contributed by atoms with Crippen LogP contribution in [-0.2, 0) is 14.8 Å². The number of ether oxygens (including phenoxy) is 1. The molecule has 1 aromatic carbocycles. The number of benzene rings is 1. The number of piperidine rings is 1. The molecule has 2 aromatic heterocycles. The molecule has 0 N–H and O–H groups in total. The lowest BCUT2D eigenvalue weighted by atomic mass is 9.99. The normalized spacial score (nSPS) is 24.2. The Balaban J connectivity index is 1.40. The summed E-state index contributed by atoms with van der Waals surface area (Å²) in [4.78, 5) is 14.8. The van der Waals surface area contributed by atoms with E-state index in [-0.39, 0.29) is 31.0 Å². The van der Waals surface area contributed by atoms with E-state index in [9.17, 15) is 8.42 Å². The molecule has 1 spiro atoms. The molecule has 2 fully saturated rings. The van der Waals surface area contributed by atoms with Crippen LogP contribution in [0.3, 0.4) is 0 Å². The Hall–Kier alpha value is -2.95. The van der Waals surface area contributed by atoms with Crippen LogP contribution in [0.15, 0.2) is 72.0 Å². The van der Waals surface area contributed by atoms with Crippen molar-refractivity contribution in [3.63, 3.8) is 0 Å². The summed E-state index contributed by atoms with van der Waals surface area (Å²) in [5.74, 6) is 0.388. The Labute approximate surface area is 185 Å². The first-order chi connectivity index (χ1) is 15.5. The number of aromatic nitrogens is 3. The molecule has 3 aromatic rings. The van der Waals surface area contributed by atoms with E-state index in [1.807, 2.05) is 12.1 Å². The molecule has 0 aliphatic carbocycles. The van der Waals surface area contributed by atoms with Gasteiger partial charge in [0, 0.05) is 43.7 Å². The van der Waals surface area contributed by atoms with Gasteiger partial charge in [0.25, 0.3) is 0 Å². The monoisotopic (exact) mass is 455 g/mol. The average Bonchev–Trinajstić information content (AvgIpc) is 3.28. The smallest absolute Gasteiger partial charge is 0.245 e. The first kappa shape index (κ1) is 20.9. The number of anilines is 1. The predicted octanol–water partition coefficient (Wildman–Crippen LogP) is 2.50.